The predicted octanol–water partition coefficient (Wildman–Crippen LogP) is 3.80. The largest absolute Gasteiger partial charge is 0.342 e. The molecule has 5 nitrogen and oxygen atoms in total. The van der Waals surface area contributed by atoms with E-state index in [9.17, 15) is 4.79 Å². The number of nitrogens with one attached hydrogen (secondary N) is 1. The molecule has 1 aromatic rings. The molecule has 0 bridgehead atoms. The van der Waals surface area contributed by atoms with Crippen molar-refractivity contribution in [3.05, 3.63) is 66.5 Å². The number of hydrogen-bond acceptors (Lipinski definition) is 5. The van der Waals surface area contributed by atoms with E-state index >= 15 is 0 Å². The van der Waals surface area contributed by atoms with E-state index in [1.807, 2.05) is 28.1 Å². The first-order valence-electron chi connectivity index (χ1n) is 10.6. The van der Waals surface area contributed by atoms with Crippen LogP contribution >= 0.6 is 11.9 Å². The first-order valence-corrected chi connectivity index (χ1v) is 11.3. The maximum Gasteiger partial charge on any atom is 0.238 e. The highest BCUT2D eigenvalue weighted by molar-refractivity contribution is 7.97. The molecule has 0 aromatic heterocycles. The van der Waals surface area contributed by atoms with Gasteiger partial charge in [0.1, 0.15) is 0 Å². The zero-order chi connectivity index (χ0) is 20.1. The van der Waals surface area contributed by atoms with Crippen LogP contribution in [0.15, 0.2) is 71.4 Å². The molecule has 0 saturated carbocycles. The van der Waals surface area contributed by atoms with Crippen molar-refractivity contribution >= 4 is 17.9 Å². The summed E-state index contributed by atoms with van der Waals surface area (Å²) in [4.78, 5) is 15.5. The number of likely N-dealkylation sites (tertiary alicyclic amines) is 1. The fraction of sp³-hybridized carbons (Fsp3) is 0.435. The van der Waals surface area contributed by atoms with Crippen LogP contribution in [0.2, 0.25) is 0 Å². The van der Waals surface area contributed by atoms with Crippen LogP contribution in [0.1, 0.15) is 25.7 Å². The summed E-state index contributed by atoms with van der Waals surface area (Å²) >= 11 is 1.86. The Morgan fingerprint density at radius 3 is 2.52 bits per heavy atom. The lowest BCUT2D eigenvalue weighted by molar-refractivity contribution is -0.129. The fourth-order valence-corrected chi connectivity index (χ4v) is 5.09. The average Bonchev–Trinajstić information content (AvgIpc) is 3.29. The lowest BCUT2D eigenvalue weighted by Crippen LogP contribution is -2.42. The second-order valence-electron chi connectivity index (χ2n) is 7.85. The monoisotopic (exact) mass is 410 g/mol. The number of hydrazine groups is 1. The lowest BCUT2D eigenvalue weighted by atomic mass is 9.88. The number of carbonyl (C=O) groups is 1. The summed E-state index contributed by atoms with van der Waals surface area (Å²) in [5.41, 5.74) is 5.46. The number of piperidine rings is 1. The van der Waals surface area contributed by atoms with Gasteiger partial charge in [0.05, 0.1) is 12.2 Å². The molecule has 6 heteroatoms. The van der Waals surface area contributed by atoms with Crippen LogP contribution in [-0.2, 0) is 4.79 Å². The highest BCUT2D eigenvalue weighted by atomic mass is 32.2. The third-order valence-corrected chi connectivity index (χ3v) is 6.93. The van der Waals surface area contributed by atoms with Gasteiger partial charge in [-0.3, -0.25) is 9.80 Å². The van der Waals surface area contributed by atoms with E-state index in [0.717, 1.165) is 57.6 Å². The summed E-state index contributed by atoms with van der Waals surface area (Å²) in [6, 6.07) is 10.6. The van der Waals surface area contributed by atoms with Gasteiger partial charge in [0.15, 0.2) is 0 Å². The van der Waals surface area contributed by atoms with E-state index in [-0.39, 0.29) is 5.91 Å². The van der Waals surface area contributed by atoms with Crippen LogP contribution < -0.4 is 5.43 Å². The molecule has 1 aromatic carbocycles. The maximum atomic E-state index is 12.2. The van der Waals surface area contributed by atoms with Crippen LogP contribution in [0, 0.1) is 5.92 Å². The van der Waals surface area contributed by atoms with E-state index in [2.05, 4.69) is 58.8 Å². The molecule has 3 aliphatic heterocycles. The number of carbonyl (C=O) groups excluding carboxylic acids is 1. The van der Waals surface area contributed by atoms with Gasteiger partial charge >= 0.3 is 0 Å². The molecule has 0 aliphatic carbocycles. The zero-order valence-electron chi connectivity index (χ0n) is 16.9. The van der Waals surface area contributed by atoms with Crippen molar-refractivity contribution in [2.75, 3.05) is 32.7 Å². The Kier molecular flexibility index (Phi) is 6.74. The molecular formula is C23H30N4OS. The normalized spacial score (nSPS) is 21.0. The standard InChI is InChI=1S/C23H30N4OS/c1-19-17-21(11-16-27(19)24-18-23(28)25-12-5-6-13-25)20-9-14-26(15-10-20)29-22-7-3-2-4-8-22/h2-4,7-8,11,16-17,20,24H,1,5-6,9-10,12-15,18H2. The van der Waals surface area contributed by atoms with Gasteiger partial charge in [-0.05, 0) is 73.4 Å². The first kappa shape index (κ1) is 20.3. The van der Waals surface area contributed by atoms with Gasteiger partial charge in [0, 0.05) is 37.3 Å². The summed E-state index contributed by atoms with van der Waals surface area (Å²) in [6.07, 6.45) is 10.9. The van der Waals surface area contributed by atoms with Crippen LogP contribution in [0.5, 0.6) is 0 Å². The minimum atomic E-state index is 0.168. The van der Waals surface area contributed by atoms with Crippen molar-refractivity contribution in [2.45, 2.75) is 30.6 Å². The Hall–Kier alpha value is -2.02. The quantitative estimate of drug-likeness (QED) is 0.722. The molecule has 0 unspecified atom stereocenters. The summed E-state index contributed by atoms with van der Waals surface area (Å²) in [5, 5.41) is 1.87. The molecular weight excluding hydrogens is 380 g/mol. The fourth-order valence-electron chi connectivity index (χ4n) is 4.12. The third kappa shape index (κ3) is 5.32. The molecule has 1 amide bonds. The predicted molar refractivity (Wildman–Crippen MR) is 119 cm³/mol. The van der Waals surface area contributed by atoms with Crippen molar-refractivity contribution in [1.82, 2.24) is 19.6 Å². The molecule has 3 aliphatic rings. The SMILES string of the molecule is C=C1C=C(C2CCN(Sc3ccccc3)CC2)C=CN1NCC(=O)N1CCCC1. The minimum Gasteiger partial charge on any atom is -0.342 e. The molecule has 2 saturated heterocycles. The number of nitrogens with zero attached hydrogens (tertiary/aromatic N) is 3. The van der Waals surface area contributed by atoms with Gasteiger partial charge in [-0.15, -0.1) is 0 Å². The summed E-state index contributed by atoms with van der Waals surface area (Å²) in [5.74, 6) is 0.741. The van der Waals surface area contributed by atoms with Crippen LogP contribution in [-0.4, -0.2) is 52.8 Å². The molecule has 154 valence electrons. The van der Waals surface area contributed by atoms with Crippen molar-refractivity contribution in [2.24, 2.45) is 5.92 Å². The molecule has 0 atom stereocenters. The van der Waals surface area contributed by atoms with Crippen molar-refractivity contribution in [3.8, 4) is 0 Å². The maximum absolute atomic E-state index is 12.2. The van der Waals surface area contributed by atoms with Gasteiger partial charge < -0.3 is 4.90 Å². The molecule has 4 rings (SSSR count). The third-order valence-electron chi connectivity index (χ3n) is 5.82. The second kappa shape index (κ2) is 9.65. The Morgan fingerprint density at radius 2 is 1.83 bits per heavy atom. The lowest BCUT2D eigenvalue weighted by Gasteiger charge is -2.33. The summed E-state index contributed by atoms with van der Waals surface area (Å²) in [7, 11) is 0. The van der Waals surface area contributed by atoms with Crippen LogP contribution in [0.25, 0.3) is 0 Å². The molecule has 3 heterocycles. The number of allylic oxidation sites excluding steroid dienone is 3. The second-order valence-corrected chi connectivity index (χ2v) is 9.02. The van der Waals surface area contributed by atoms with Gasteiger partial charge in [0.25, 0.3) is 0 Å². The highest BCUT2D eigenvalue weighted by Crippen LogP contribution is 2.33. The van der Waals surface area contributed by atoms with E-state index < -0.39 is 0 Å². The zero-order valence-corrected chi connectivity index (χ0v) is 17.7. The van der Waals surface area contributed by atoms with E-state index in [1.54, 1.807) is 0 Å². The Labute approximate surface area is 178 Å². The minimum absolute atomic E-state index is 0.168. The van der Waals surface area contributed by atoms with Gasteiger partial charge in [-0.25, -0.2) is 9.73 Å². The number of benzene rings is 1. The Bertz CT molecular complexity index is 777. The first-order chi connectivity index (χ1) is 14.2. The van der Waals surface area contributed by atoms with E-state index in [4.69, 9.17) is 0 Å². The summed E-state index contributed by atoms with van der Waals surface area (Å²) in [6.45, 7) is 8.47. The van der Waals surface area contributed by atoms with E-state index in [1.165, 1.54) is 10.5 Å². The average molecular weight is 411 g/mol. The van der Waals surface area contributed by atoms with Crippen molar-refractivity contribution < 1.29 is 4.79 Å². The molecule has 2 fully saturated rings. The Balaban J connectivity index is 1.23. The topological polar surface area (TPSA) is 38.8 Å². The molecule has 1 N–H and O–H groups in total. The Morgan fingerprint density at radius 1 is 1.10 bits per heavy atom. The number of amides is 1. The smallest absolute Gasteiger partial charge is 0.238 e. The van der Waals surface area contributed by atoms with Gasteiger partial charge in [-0.2, -0.15) is 0 Å². The van der Waals surface area contributed by atoms with E-state index in [0.29, 0.717) is 12.5 Å². The molecule has 29 heavy (non-hydrogen) atoms. The van der Waals surface area contributed by atoms with Crippen molar-refractivity contribution in [3.63, 3.8) is 0 Å². The van der Waals surface area contributed by atoms with Crippen LogP contribution in [0.3, 0.4) is 0 Å². The van der Waals surface area contributed by atoms with Gasteiger partial charge in [-0.1, -0.05) is 24.8 Å². The number of rotatable bonds is 6. The van der Waals surface area contributed by atoms with Crippen LogP contribution in [0.4, 0.5) is 0 Å². The van der Waals surface area contributed by atoms with Crippen molar-refractivity contribution in [1.29, 1.82) is 0 Å². The molecule has 0 spiro atoms. The summed E-state index contributed by atoms with van der Waals surface area (Å²) < 4.78 is 2.46. The highest BCUT2D eigenvalue weighted by Gasteiger charge is 2.24. The number of hydrogen-bond donors (Lipinski definition) is 1. The molecule has 0 radical (unpaired) electrons. The van der Waals surface area contributed by atoms with Gasteiger partial charge in [0.2, 0.25) is 5.91 Å².